The van der Waals surface area contributed by atoms with Gasteiger partial charge in [0.05, 0.1) is 0 Å². The van der Waals surface area contributed by atoms with Gasteiger partial charge in [-0.3, -0.25) is 4.79 Å². The Balaban J connectivity index is 2.87. The van der Waals surface area contributed by atoms with E-state index in [0.29, 0.717) is 11.5 Å². The van der Waals surface area contributed by atoms with Gasteiger partial charge in [0.1, 0.15) is 0 Å². The summed E-state index contributed by atoms with van der Waals surface area (Å²) in [7, 11) is 2.92. The van der Waals surface area contributed by atoms with Gasteiger partial charge in [-0.05, 0) is 24.0 Å². The molecule has 0 aromatic heterocycles. The predicted octanol–water partition coefficient (Wildman–Crippen LogP) is 2.69. The van der Waals surface area contributed by atoms with E-state index in [4.69, 9.17) is 9.47 Å². The van der Waals surface area contributed by atoms with E-state index in [0.717, 1.165) is 12.0 Å². The topological polar surface area (TPSA) is 35.5 Å². The fraction of sp³-hybridized carbons (Fsp3) is 0.500. The second-order valence-corrected chi connectivity index (χ2v) is 4.47. The molecule has 0 saturated carbocycles. The average molecular weight is 236 g/mol. The molecule has 0 atom stereocenters. The second kappa shape index (κ2) is 6.52. The molecule has 0 radical (unpaired) electrons. The molecule has 1 aromatic rings. The van der Waals surface area contributed by atoms with Crippen LogP contribution < -0.4 is 0 Å². The number of hydrogen-bond acceptors (Lipinski definition) is 3. The summed E-state index contributed by atoms with van der Waals surface area (Å²) in [4.78, 5) is 12.0. The van der Waals surface area contributed by atoms with E-state index in [1.807, 2.05) is 18.2 Å². The molecule has 0 amide bonds. The molecule has 0 aliphatic heterocycles. The van der Waals surface area contributed by atoms with Crippen molar-refractivity contribution in [2.75, 3.05) is 14.2 Å². The molecule has 3 nitrogen and oxygen atoms in total. The number of carbonyl (C=O) groups excluding carboxylic acids is 1. The number of ether oxygens (including phenoxy) is 2. The van der Waals surface area contributed by atoms with E-state index >= 15 is 0 Å². The van der Waals surface area contributed by atoms with Crippen molar-refractivity contribution in [1.29, 1.82) is 0 Å². The largest absolute Gasteiger partial charge is 0.349 e. The van der Waals surface area contributed by atoms with E-state index < -0.39 is 6.29 Å². The van der Waals surface area contributed by atoms with Crippen LogP contribution in [0.4, 0.5) is 0 Å². The molecule has 0 bridgehead atoms. The number of hydrogen-bond donors (Lipinski definition) is 0. The van der Waals surface area contributed by atoms with Gasteiger partial charge in [0, 0.05) is 19.8 Å². The minimum absolute atomic E-state index is 0.138. The molecule has 0 heterocycles. The van der Waals surface area contributed by atoms with Gasteiger partial charge in [0.25, 0.3) is 0 Å². The van der Waals surface area contributed by atoms with Crippen molar-refractivity contribution in [2.45, 2.75) is 26.6 Å². The summed E-state index contributed by atoms with van der Waals surface area (Å²) in [5.41, 5.74) is 1.80. The minimum atomic E-state index is -0.815. The highest BCUT2D eigenvalue weighted by Crippen LogP contribution is 2.13. The fourth-order valence-electron chi connectivity index (χ4n) is 1.77. The molecular weight excluding hydrogens is 216 g/mol. The van der Waals surface area contributed by atoms with E-state index in [9.17, 15) is 4.79 Å². The van der Waals surface area contributed by atoms with Gasteiger partial charge in [-0.1, -0.05) is 32.0 Å². The van der Waals surface area contributed by atoms with Crippen LogP contribution in [0.5, 0.6) is 0 Å². The van der Waals surface area contributed by atoms with Crippen molar-refractivity contribution >= 4 is 5.78 Å². The molecule has 94 valence electrons. The quantitative estimate of drug-likeness (QED) is 0.562. The first-order valence-corrected chi connectivity index (χ1v) is 5.77. The van der Waals surface area contributed by atoms with Crippen LogP contribution in [0.2, 0.25) is 0 Å². The van der Waals surface area contributed by atoms with Crippen molar-refractivity contribution in [1.82, 2.24) is 0 Å². The predicted molar refractivity (Wildman–Crippen MR) is 67.1 cm³/mol. The molecule has 0 fully saturated rings. The van der Waals surface area contributed by atoms with E-state index in [2.05, 4.69) is 13.8 Å². The Kier molecular flexibility index (Phi) is 5.32. The van der Waals surface area contributed by atoms with E-state index in [-0.39, 0.29) is 5.78 Å². The third-order valence-electron chi connectivity index (χ3n) is 2.50. The highest BCUT2D eigenvalue weighted by molar-refractivity contribution is 5.98. The number of carbonyl (C=O) groups is 1. The van der Waals surface area contributed by atoms with Crippen molar-refractivity contribution in [3.8, 4) is 0 Å². The maximum Gasteiger partial charge on any atom is 0.222 e. The van der Waals surface area contributed by atoms with Crippen LogP contribution >= 0.6 is 0 Å². The summed E-state index contributed by atoms with van der Waals surface area (Å²) >= 11 is 0. The van der Waals surface area contributed by atoms with Crippen LogP contribution in [0, 0.1) is 5.92 Å². The van der Waals surface area contributed by atoms with E-state index in [1.165, 1.54) is 14.2 Å². The lowest BCUT2D eigenvalue weighted by Crippen LogP contribution is -2.25. The summed E-state index contributed by atoms with van der Waals surface area (Å²) in [6.07, 6.45) is 0.149. The zero-order valence-corrected chi connectivity index (χ0v) is 10.9. The number of ketones is 1. The molecule has 0 aliphatic carbocycles. The molecular formula is C14H20O3. The van der Waals surface area contributed by atoms with Gasteiger partial charge < -0.3 is 9.47 Å². The molecule has 1 rings (SSSR count). The average Bonchev–Trinajstić information content (AvgIpc) is 2.30. The summed E-state index contributed by atoms with van der Waals surface area (Å²) < 4.78 is 9.93. The van der Waals surface area contributed by atoms with Crippen LogP contribution in [0.3, 0.4) is 0 Å². The minimum Gasteiger partial charge on any atom is -0.349 e. The maximum atomic E-state index is 12.0. The van der Waals surface area contributed by atoms with Crippen LogP contribution in [0.15, 0.2) is 24.3 Å². The zero-order valence-electron chi connectivity index (χ0n) is 10.9. The van der Waals surface area contributed by atoms with Gasteiger partial charge in [0.2, 0.25) is 12.1 Å². The van der Waals surface area contributed by atoms with Gasteiger partial charge in [0.15, 0.2) is 0 Å². The lowest BCUT2D eigenvalue weighted by atomic mass is 9.99. The van der Waals surface area contributed by atoms with Crippen LogP contribution in [0.25, 0.3) is 0 Å². The first-order chi connectivity index (χ1) is 8.08. The second-order valence-electron chi connectivity index (χ2n) is 4.47. The molecule has 3 heteroatoms. The van der Waals surface area contributed by atoms with Crippen LogP contribution in [-0.4, -0.2) is 26.3 Å². The highest BCUT2D eigenvalue weighted by atomic mass is 16.7. The van der Waals surface area contributed by atoms with Gasteiger partial charge in [-0.2, -0.15) is 0 Å². The van der Waals surface area contributed by atoms with Gasteiger partial charge in [-0.15, -0.1) is 0 Å². The molecule has 0 unspecified atom stereocenters. The van der Waals surface area contributed by atoms with Crippen LogP contribution in [0.1, 0.15) is 29.8 Å². The third kappa shape index (κ3) is 3.95. The summed E-state index contributed by atoms with van der Waals surface area (Å²) in [5, 5.41) is 0. The maximum absolute atomic E-state index is 12.0. The van der Waals surface area contributed by atoms with Crippen LogP contribution in [-0.2, 0) is 15.9 Å². The van der Waals surface area contributed by atoms with Crippen molar-refractivity contribution < 1.29 is 14.3 Å². The zero-order chi connectivity index (χ0) is 12.8. The number of rotatable bonds is 6. The lowest BCUT2D eigenvalue weighted by Gasteiger charge is -2.13. The first-order valence-electron chi connectivity index (χ1n) is 5.77. The molecule has 1 aromatic carbocycles. The third-order valence-corrected chi connectivity index (χ3v) is 2.50. The number of Topliss-reactive ketones (excluding diaryl/α,β-unsaturated/α-hetero) is 1. The Morgan fingerprint density at radius 3 is 2.41 bits per heavy atom. The monoisotopic (exact) mass is 236 g/mol. The van der Waals surface area contributed by atoms with E-state index in [1.54, 1.807) is 6.07 Å². The van der Waals surface area contributed by atoms with Crippen molar-refractivity contribution in [3.63, 3.8) is 0 Å². The molecule has 0 N–H and O–H groups in total. The normalized spacial score (nSPS) is 11.2. The number of methoxy groups -OCH3 is 2. The lowest BCUT2D eigenvalue weighted by molar-refractivity contribution is -0.0742. The standard InChI is InChI=1S/C14H20O3/c1-10(2)8-11-6-5-7-12(9-11)13(15)14(16-3)17-4/h5-7,9-10,14H,8H2,1-4H3. The Hall–Kier alpha value is -1.19. The number of benzene rings is 1. The summed E-state index contributed by atoms with van der Waals surface area (Å²) in [6, 6.07) is 7.63. The Bertz CT molecular complexity index is 367. The summed E-state index contributed by atoms with van der Waals surface area (Å²) in [5.74, 6) is 0.432. The van der Waals surface area contributed by atoms with Gasteiger partial charge >= 0.3 is 0 Å². The Morgan fingerprint density at radius 2 is 1.88 bits per heavy atom. The van der Waals surface area contributed by atoms with Crippen molar-refractivity contribution in [2.24, 2.45) is 5.92 Å². The van der Waals surface area contributed by atoms with Crippen molar-refractivity contribution in [3.05, 3.63) is 35.4 Å². The first kappa shape index (κ1) is 13.9. The smallest absolute Gasteiger partial charge is 0.222 e. The Morgan fingerprint density at radius 1 is 1.24 bits per heavy atom. The van der Waals surface area contributed by atoms with Gasteiger partial charge in [-0.25, -0.2) is 0 Å². The molecule has 17 heavy (non-hydrogen) atoms. The molecule has 0 aliphatic rings. The Labute approximate surface area is 103 Å². The highest BCUT2D eigenvalue weighted by Gasteiger charge is 2.18. The molecule has 0 spiro atoms. The summed E-state index contributed by atoms with van der Waals surface area (Å²) in [6.45, 7) is 4.31. The molecule has 0 saturated heterocycles. The fourth-order valence-corrected chi connectivity index (χ4v) is 1.77. The SMILES string of the molecule is COC(OC)C(=O)c1cccc(CC(C)C)c1.